The molecule has 1 N–H and O–H groups in total. The van der Waals surface area contributed by atoms with Crippen LogP contribution < -0.4 is 5.32 Å². The molecule has 2 heterocycles. The van der Waals surface area contributed by atoms with Crippen molar-refractivity contribution in [2.75, 3.05) is 0 Å². The van der Waals surface area contributed by atoms with E-state index in [1.54, 1.807) is 23.0 Å². The topological polar surface area (TPSA) is 72.7 Å². The van der Waals surface area contributed by atoms with E-state index < -0.39 is 0 Å². The van der Waals surface area contributed by atoms with Crippen LogP contribution in [0.5, 0.6) is 0 Å². The Morgan fingerprint density at radius 2 is 1.90 bits per heavy atom. The number of carbonyl (C=O) groups excluding carboxylic acids is 1. The standard InChI is InChI=1S/C21H18FN5OS/c1-14(20(28)23-11-15-7-9-16(22)10-8-15)29-21-18-12-26-27(19(18)24-13-25-21)17-5-3-2-4-6-17/h2-10,12-14H,11H2,1H3,(H,23,28). The smallest absolute Gasteiger partial charge is 0.233 e. The van der Waals surface area contributed by atoms with Gasteiger partial charge >= 0.3 is 0 Å². The molecule has 0 bridgehead atoms. The molecule has 1 unspecified atom stereocenters. The van der Waals surface area contributed by atoms with Crippen LogP contribution >= 0.6 is 11.8 Å². The molecule has 2 aromatic carbocycles. The first-order valence-corrected chi connectivity index (χ1v) is 9.93. The normalized spacial score (nSPS) is 12.1. The van der Waals surface area contributed by atoms with Gasteiger partial charge in [-0.1, -0.05) is 42.1 Å². The number of halogens is 1. The molecule has 0 spiro atoms. The van der Waals surface area contributed by atoms with Crippen molar-refractivity contribution in [3.8, 4) is 5.69 Å². The molecule has 146 valence electrons. The Bertz CT molecular complexity index is 1130. The van der Waals surface area contributed by atoms with Gasteiger partial charge in [0.25, 0.3) is 0 Å². The summed E-state index contributed by atoms with van der Waals surface area (Å²) in [6.07, 6.45) is 3.20. The summed E-state index contributed by atoms with van der Waals surface area (Å²) in [5.41, 5.74) is 2.43. The van der Waals surface area contributed by atoms with Crippen LogP contribution in [-0.4, -0.2) is 30.9 Å². The highest BCUT2D eigenvalue weighted by molar-refractivity contribution is 8.00. The van der Waals surface area contributed by atoms with Crippen molar-refractivity contribution in [3.05, 3.63) is 78.5 Å². The molecule has 0 radical (unpaired) electrons. The molecule has 6 nitrogen and oxygen atoms in total. The molecule has 2 aromatic heterocycles. The Hall–Kier alpha value is -3.26. The van der Waals surface area contributed by atoms with Gasteiger partial charge in [-0.05, 0) is 36.8 Å². The van der Waals surface area contributed by atoms with E-state index in [1.807, 2.05) is 37.3 Å². The van der Waals surface area contributed by atoms with Crippen LogP contribution in [-0.2, 0) is 11.3 Å². The number of fused-ring (bicyclic) bond motifs is 1. The van der Waals surface area contributed by atoms with Gasteiger partial charge in [0.1, 0.15) is 17.2 Å². The summed E-state index contributed by atoms with van der Waals surface area (Å²) in [4.78, 5) is 21.2. The lowest BCUT2D eigenvalue weighted by atomic mass is 10.2. The number of para-hydroxylation sites is 1. The Balaban J connectivity index is 1.48. The lowest BCUT2D eigenvalue weighted by Crippen LogP contribution is -2.30. The average molecular weight is 407 g/mol. The first kappa shape index (κ1) is 19.1. The van der Waals surface area contributed by atoms with Crippen LogP contribution in [0.1, 0.15) is 12.5 Å². The fourth-order valence-electron chi connectivity index (χ4n) is 2.83. The van der Waals surface area contributed by atoms with E-state index in [-0.39, 0.29) is 17.0 Å². The van der Waals surface area contributed by atoms with Crippen molar-refractivity contribution < 1.29 is 9.18 Å². The molecule has 4 aromatic rings. The van der Waals surface area contributed by atoms with Gasteiger partial charge < -0.3 is 5.32 Å². The molecule has 0 aliphatic carbocycles. The number of thioether (sulfide) groups is 1. The lowest BCUT2D eigenvalue weighted by Gasteiger charge is -2.12. The first-order valence-electron chi connectivity index (χ1n) is 9.05. The molecule has 8 heteroatoms. The largest absolute Gasteiger partial charge is 0.351 e. The van der Waals surface area contributed by atoms with Crippen LogP contribution in [0.15, 0.2) is 72.1 Å². The van der Waals surface area contributed by atoms with E-state index in [0.29, 0.717) is 17.2 Å². The minimum atomic E-state index is -0.367. The molecule has 4 rings (SSSR count). The Morgan fingerprint density at radius 1 is 1.14 bits per heavy atom. The molecular weight excluding hydrogens is 389 g/mol. The predicted octanol–water partition coefficient (Wildman–Crippen LogP) is 3.75. The maximum absolute atomic E-state index is 13.0. The SMILES string of the molecule is CC(Sc1ncnc2c1cnn2-c1ccccc1)C(=O)NCc1ccc(F)cc1. The zero-order chi connectivity index (χ0) is 20.2. The molecular formula is C21H18FN5OS. The fraction of sp³-hybridized carbons (Fsp3) is 0.143. The third kappa shape index (κ3) is 4.27. The van der Waals surface area contributed by atoms with Crippen LogP contribution in [0.2, 0.25) is 0 Å². The molecule has 29 heavy (non-hydrogen) atoms. The van der Waals surface area contributed by atoms with E-state index in [1.165, 1.54) is 30.2 Å². The van der Waals surface area contributed by atoms with Gasteiger partial charge in [0.15, 0.2) is 5.65 Å². The minimum Gasteiger partial charge on any atom is -0.351 e. The minimum absolute atomic E-state index is 0.124. The van der Waals surface area contributed by atoms with Crippen LogP contribution in [0.4, 0.5) is 4.39 Å². The molecule has 1 amide bonds. The number of benzene rings is 2. The van der Waals surface area contributed by atoms with Crippen molar-refractivity contribution in [2.45, 2.75) is 23.7 Å². The van der Waals surface area contributed by atoms with Gasteiger partial charge in [-0.2, -0.15) is 5.10 Å². The zero-order valence-corrected chi connectivity index (χ0v) is 16.4. The molecule has 0 saturated heterocycles. The van der Waals surface area contributed by atoms with E-state index in [4.69, 9.17) is 0 Å². The number of rotatable bonds is 6. The van der Waals surface area contributed by atoms with Crippen LogP contribution in [0.25, 0.3) is 16.7 Å². The highest BCUT2D eigenvalue weighted by Crippen LogP contribution is 2.28. The predicted molar refractivity (Wildman–Crippen MR) is 110 cm³/mol. The van der Waals surface area contributed by atoms with Gasteiger partial charge in [-0.3, -0.25) is 4.79 Å². The summed E-state index contributed by atoms with van der Waals surface area (Å²) in [6, 6.07) is 15.8. The quantitative estimate of drug-likeness (QED) is 0.389. The fourth-order valence-corrected chi connectivity index (χ4v) is 3.74. The molecule has 0 aliphatic heterocycles. The van der Waals surface area contributed by atoms with E-state index in [0.717, 1.165) is 16.6 Å². The van der Waals surface area contributed by atoms with Crippen molar-refractivity contribution in [1.82, 2.24) is 25.1 Å². The second-order valence-corrected chi connectivity index (χ2v) is 7.74. The van der Waals surface area contributed by atoms with Gasteiger partial charge in [0, 0.05) is 6.54 Å². The van der Waals surface area contributed by atoms with E-state index >= 15 is 0 Å². The zero-order valence-electron chi connectivity index (χ0n) is 15.6. The number of nitrogens with zero attached hydrogens (tertiary/aromatic N) is 4. The number of hydrogen-bond acceptors (Lipinski definition) is 5. The molecule has 0 saturated carbocycles. The first-order chi connectivity index (χ1) is 14.1. The number of amides is 1. The van der Waals surface area contributed by atoms with E-state index in [2.05, 4.69) is 20.4 Å². The van der Waals surface area contributed by atoms with E-state index in [9.17, 15) is 9.18 Å². The molecule has 1 atom stereocenters. The monoisotopic (exact) mass is 407 g/mol. The van der Waals surface area contributed by atoms with Crippen LogP contribution in [0, 0.1) is 5.82 Å². The summed E-state index contributed by atoms with van der Waals surface area (Å²) < 4.78 is 14.7. The maximum atomic E-state index is 13.0. The van der Waals surface area contributed by atoms with Crippen molar-refractivity contribution in [1.29, 1.82) is 0 Å². The number of carbonyl (C=O) groups is 1. The van der Waals surface area contributed by atoms with Gasteiger partial charge in [0.05, 0.1) is 22.5 Å². The number of hydrogen-bond donors (Lipinski definition) is 1. The lowest BCUT2D eigenvalue weighted by molar-refractivity contribution is -0.120. The second kappa shape index (κ2) is 8.40. The highest BCUT2D eigenvalue weighted by atomic mass is 32.2. The van der Waals surface area contributed by atoms with Gasteiger partial charge in [-0.15, -0.1) is 0 Å². The Kier molecular flexibility index (Phi) is 5.53. The average Bonchev–Trinajstić information content (AvgIpc) is 3.19. The Morgan fingerprint density at radius 3 is 2.66 bits per heavy atom. The third-order valence-corrected chi connectivity index (χ3v) is 5.48. The molecule has 0 fully saturated rings. The van der Waals surface area contributed by atoms with Crippen molar-refractivity contribution in [2.24, 2.45) is 0 Å². The molecule has 0 aliphatic rings. The number of nitrogens with one attached hydrogen (secondary N) is 1. The summed E-state index contributed by atoms with van der Waals surface area (Å²) in [5, 5.41) is 8.42. The maximum Gasteiger partial charge on any atom is 0.233 e. The summed E-state index contributed by atoms with van der Waals surface area (Å²) in [6.45, 7) is 2.16. The second-order valence-electron chi connectivity index (χ2n) is 6.41. The Labute approximate surface area is 171 Å². The number of aromatic nitrogens is 4. The summed E-state index contributed by atoms with van der Waals surface area (Å²) in [5.74, 6) is -0.422. The summed E-state index contributed by atoms with van der Waals surface area (Å²) in [7, 11) is 0. The van der Waals surface area contributed by atoms with Gasteiger partial charge in [0.2, 0.25) is 5.91 Å². The van der Waals surface area contributed by atoms with Crippen LogP contribution in [0.3, 0.4) is 0 Å². The third-order valence-electron chi connectivity index (χ3n) is 4.37. The van der Waals surface area contributed by atoms with Crippen molar-refractivity contribution >= 4 is 28.7 Å². The van der Waals surface area contributed by atoms with Gasteiger partial charge in [-0.25, -0.2) is 19.0 Å². The van der Waals surface area contributed by atoms with Crippen molar-refractivity contribution in [3.63, 3.8) is 0 Å². The highest BCUT2D eigenvalue weighted by Gasteiger charge is 2.18. The summed E-state index contributed by atoms with van der Waals surface area (Å²) >= 11 is 1.35.